The molecule has 1 aromatic rings. The molecule has 1 heterocycles. The highest BCUT2D eigenvalue weighted by Gasteiger charge is 2.38. The summed E-state index contributed by atoms with van der Waals surface area (Å²) in [5.41, 5.74) is 1.20. The number of nitrogens with zero attached hydrogens (tertiary/aromatic N) is 1. The summed E-state index contributed by atoms with van der Waals surface area (Å²) >= 11 is 0. The zero-order valence-corrected chi connectivity index (χ0v) is 10.2. The molecule has 1 saturated heterocycles. The zero-order valence-electron chi connectivity index (χ0n) is 10.2. The van der Waals surface area contributed by atoms with Crippen molar-refractivity contribution in [2.75, 3.05) is 13.1 Å². The van der Waals surface area contributed by atoms with Gasteiger partial charge < -0.3 is 0 Å². The second kappa shape index (κ2) is 4.02. The van der Waals surface area contributed by atoms with Crippen molar-refractivity contribution >= 4 is 5.78 Å². The number of ketones is 1. The van der Waals surface area contributed by atoms with Crippen molar-refractivity contribution in [3.8, 4) is 0 Å². The largest absolute Gasteiger partial charge is 0.292 e. The topological polar surface area (TPSA) is 20.3 Å². The molecule has 0 saturated carbocycles. The lowest BCUT2D eigenvalue weighted by molar-refractivity contribution is 0.00417. The van der Waals surface area contributed by atoms with Gasteiger partial charge in [-0.05, 0) is 12.3 Å². The van der Waals surface area contributed by atoms with Crippen LogP contribution >= 0.6 is 0 Å². The molecule has 1 atom stereocenters. The first-order valence-electron chi connectivity index (χ1n) is 5.83. The standard InChI is InChI=1S/C14H19NO/c1-11(15-9-14(2,3)10-15)13(16)12-7-5-4-6-8-12/h4-8,11H,9-10H2,1-3H3. The first kappa shape index (κ1) is 11.3. The van der Waals surface area contributed by atoms with Crippen molar-refractivity contribution in [1.29, 1.82) is 0 Å². The molecular weight excluding hydrogens is 198 g/mol. The van der Waals surface area contributed by atoms with E-state index < -0.39 is 0 Å². The Bertz CT molecular complexity index is 375. The Kier molecular flexibility index (Phi) is 2.85. The Morgan fingerprint density at radius 2 is 1.81 bits per heavy atom. The first-order chi connectivity index (χ1) is 7.49. The van der Waals surface area contributed by atoms with Crippen molar-refractivity contribution in [3.63, 3.8) is 0 Å². The van der Waals surface area contributed by atoms with Crippen LogP contribution in [0.25, 0.3) is 0 Å². The number of hydrogen-bond donors (Lipinski definition) is 0. The molecule has 0 radical (unpaired) electrons. The number of carbonyl (C=O) groups excluding carboxylic acids is 1. The predicted molar refractivity (Wildman–Crippen MR) is 65.6 cm³/mol. The molecule has 86 valence electrons. The molecule has 2 rings (SSSR count). The molecule has 2 nitrogen and oxygen atoms in total. The maximum atomic E-state index is 12.1. The summed E-state index contributed by atoms with van der Waals surface area (Å²) in [6, 6.07) is 9.57. The van der Waals surface area contributed by atoms with E-state index >= 15 is 0 Å². The minimum Gasteiger partial charge on any atom is -0.292 e. The van der Waals surface area contributed by atoms with Crippen molar-refractivity contribution in [2.24, 2.45) is 5.41 Å². The van der Waals surface area contributed by atoms with Gasteiger partial charge in [0.25, 0.3) is 0 Å². The lowest BCUT2D eigenvalue weighted by Gasteiger charge is -2.48. The highest BCUT2D eigenvalue weighted by molar-refractivity contribution is 5.99. The van der Waals surface area contributed by atoms with Crippen LogP contribution in [0.1, 0.15) is 31.1 Å². The summed E-state index contributed by atoms with van der Waals surface area (Å²) < 4.78 is 0. The molecule has 0 amide bonds. The van der Waals surface area contributed by atoms with Gasteiger partial charge in [-0.3, -0.25) is 9.69 Å². The van der Waals surface area contributed by atoms with E-state index in [-0.39, 0.29) is 11.8 Å². The van der Waals surface area contributed by atoms with Crippen LogP contribution in [0.15, 0.2) is 30.3 Å². The molecule has 16 heavy (non-hydrogen) atoms. The van der Waals surface area contributed by atoms with Gasteiger partial charge in [-0.25, -0.2) is 0 Å². The van der Waals surface area contributed by atoms with Gasteiger partial charge >= 0.3 is 0 Å². The summed E-state index contributed by atoms with van der Waals surface area (Å²) in [6.45, 7) is 8.52. The van der Waals surface area contributed by atoms with Crippen molar-refractivity contribution in [2.45, 2.75) is 26.8 Å². The normalized spacial score (nSPS) is 21.2. The van der Waals surface area contributed by atoms with Gasteiger partial charge in [0.15, 0.2) is 5.78 Å². The highest BCUT2D eigenvalue weighted by Crippen LogP contribution is 2.31. The van der Waals surface area contributed by atoms with Crippen LogP contribution in [-0.2, 0) is 0 Å². The summed E-state index contributed by atoms with van der Waals surface area (Å²) in [4.78, 5) is 14.4. The smallest absolute Gasteiger partial charge is 0.179 e. The average Bonchev–Trinajstić information content (AvgIpc) is 2.25. The molecule has 0 bridgehead atoms. The molecule has 1 aliphatic heterocycles. The molecule has 0 N–H and O–H groups in total. The van der Waals surface area contributed by atoms with Crippen LogP contribution in [0.2, 0.25) is 0 Å². The Labute approximate surface area is 97.3 Å². The van der Waals surface area contributed by atoms with Crippen LogP contribution in [0.5, 0.6) is 0 Å². The highest BCUT2D eigenvalue weighted by atomic mass is 16.1. The van der Waals surface area contributed by atoms with Gasteiger partial charge in [-0.2, -0.15) is 0 Å². The van der Waals surface area contributed by atoms with Crippen molar-refractivity contribution < 1.29 is 4.79 Å². The van der Waals surface area contributed by atoms with Crippen LogP contribution in [0, 0.1) is 5.41 Å². The lowest BCUT2D eigenvalue weighted by Crippen LogP contribution is -2.58. The average molecular weight is 217 g/mol. The predicted octanol–water partition coefficient (Wildman–Crippen LogP) is 2.60. The Hall–Kier alpha value is -1.15. The minimum absolute atomic E-state index is 0.00965. The molecule has 1 unspecified atom stereocenters. The number of hydrogen-bond acceptors (Lipinski definition) is 2. The zero-order chi connectivity index (χ0) is 11.8. The van der Waals surface area contributed by atoms with E-state index in [0.717, 1.165) is 18.7 Å². The quantitative estimate of drug-likeness (QED) is 0.725. The van der Waals surface area contributed by atoms with E-state index in [1.165, 1.54) is 0 Å². The Morgan fingerprint density at radius 3 is 2.31 bits per heavy atom. The maximum absolute atomic E-state index is 12.1. The number of carbonyl (C=O) groups is 1. The number of Topliss-reactive ketones (excluding diaryl/α,β-unsaturated/α-hetero) is 1. The number of benzene rings is 1. The van der Waals surface area contributed by atoms with E-state index in [1.807, 2.05) is 37.3 Å². The van der Waals surface area contributed by atoms with E-state index in [0.29, 0.717) is 5.41 Å². The van der Waals surface area contributed by atoms with Gasteiger partial charge in [0.1, 0.15) is 0 Å². The van der Waals surface area contributed by atoms with Crippen LogP contribution in [0.4, 0.5) is 0 Å². The fourth-order valence-corrected chi connectivity index (χ4v) is 2.34. The van der Waals surface area contributed by atoms with E-state index in [1.54, 1.807) is 0 Å². The summed E-state index contributed by atoms with van der Waals surface area (Å²) in [7, 11) is 0. The van der Waals surface area contributed by atoms with Crippen molar-refractivity contribution in [3.05, 3.63) is 35.9 Å². The summed E-state index contributed by atoms with van der Waals surface area (Å²) in [5.74, 6) is 0.233. The Morgan fingerprint density at radius 1 is 1.25 bits per heavy atom. The fourth-order valence-electron chi connectivity index (χ4n) is 2.34. The van der Waals surface area contributed by atoms with Crippen LogP contribution in [-0.4, -0.2) is 29.8 Å². The second-order valence-electron chi connectivity index (χ2n) is 5.48. The van der Waals surface area contributed by atoms with Gasteiger partial charge in [0.2, 0.25) is 0 Å². The van der Waals surface area contributed by atoms with E-state index in [2.05, 4.69) is 18.7 Å². The molecule has 0 aliphatic carbocycles. The van der Waals surface area contributed by atoms with Gasteiger partial charge in [-0.1, -0.05) is 44.2 Å². The maximum Gasteiger partial charge on any atom is 0.179 e. The molecule has 0 spiro atoms. The minimum atomic E-state index is 0.00965. The second-order valence-corrected chi connectivity index (χ2v) is 5.48. The van der Waals surface area contributed by atoms with E-state index in [9.17, 15) is 4.79 Å². The van der Waals surface area contributed by atoms with Crippen LogP contribution < -0.4 is 0 Å². The van der Waals surface area contributed by atoms with Gasteiger partial charge in [-0.15, -0.1) is 0 Å². The molecular formula is C14H19NO. The molecule has 1 aromatic carbocycles. The Balaban J connectivity index is 2.01. The summed E-state index contributed by atoms with van der Waals surface area (Å²) in [6.07, 6.45) is 0. The molecule has 0 aromatic heterocycles. The van der Waals surface area contributed by atoms with Gasteiger partial charge in [0.05, 0.1) is 6.04 Å². The van der Waals surface area contributed by atoms with Crippen molar-refractivity contribution in [1.82, 2.24) is 4.90 Å². The summed E-state index contributed by atoms with van der Waals surface area (Å²) in [5, 5.41) is 0. The third-order valence-corrected chi connectivity index (χ3v) is 3.25. The number of likely N-dealkylation sites (tertiary alicyclic amines) is 1. The SMILES string of the molecule is CC(C(=O)c1ccccc1)N1CC(C)(C)C1. The fraction of sp³-hybridized carbons (Fsp3) is 0.500. The first-order valence-corrected chi connectivity index (χ1v) is 5.83. The molecule has 1 fully saturated rings. The van der Waals surface area contributed by atoms with Crippen LogP contribution in [0.3, 0.4) is 0 Å². The molecule has 1 aliphatic rings. The van der Waals surface area contributed by atoms with Gasteiger partial charge in [0, 0.05) is 18.7 Å². The molecule has 2 heteroatoms. The number of rotatable bonds is 3. The van der Waals surface area contributed by atoms with E-state index in [4.69, 9.17) is 0 Å². The lowest BCUT2D eigenvalue weighted by atomic mass is 9.82. The third kappa shape index (κ3) is 2.17. The monoisotopic (exact) mass is 217 g/mol. The third-order valence-electron chi connectivity index (χ3n) is 3.25.